The smallest absolute Gasteiger partial charge is 0.182 e. The molecule has 78 valence electrons. The molecule has 0 spiro atoms. The zero-order chi connectivity index (χ0) is 10.7. The van der Waals surface area contributed by atoms with Crippen LogP contribution in [-0.2, 0) is 0 Å². The molecule has 3 nitrogen and oxygen atoms in total. The molecule has 1 aromatic rings. The van der Waals surface area contributed by atoms with Gasteiger partial charge >= 0.3 is 0 Å². The van der Waals surface area contributed by atoms with Gasteiger partial charge in [-0.2, -0.15) is 0 Å². The van der Waals surface area contributed by atoms with E-state index < -0.39 is 0 Å². The molecule has 0 saturated heterocycles. The number of aromatic nitrogens is 1. The lowest BCUT2D eigenvalue weighted by Gasteiger charge is -2.22. The summed E-state index contributed by atoms with van der Waals surface area (Å²) >= 11 is 0. The van der Waals surface area contributed by atoms with Crippen molar-refractivity contribution in [1.29, 1.82) is 0 Å². The average molecular weight is 195 g/mol. The fourth-order valence-electron chi connectivity index (χ4n) is 1.84. The van der Waals surface area contributed by atoms with Gasteiger partial charge in [-0.1, -0.05) is 6.92 Å². The quantitative estimate of drug-likeness (QED) is 0.792. The number of hydrogen-bond acceptors (Lipinski definition) is 2. The Hall–Kier alpha value is -1.09. The predicted molar refractivity (Wildman–Crippen MR) is 56.6 cm³/mol. The summed E-state index contributed by atoms with van der Waals surface area (Å²) in [5, 5.41) is 9.20. The molecule has 1 N–H and O–H groups in total. The summed E-state index contributed by atoms with van der Waals surface area (Å²) in [6.45, 7) is 5.93. The van der Waals surface area contributed by atoms with Crippen molar-refractivity contribution in [2.45, 2.75) is 33.2 Å². The molecule has 0 radical (unpaired) electrons. The lowest BCUT2D eigenvalue weighted by atomic mass is 10.2. The van der Waals surface area contributed by atoms with Gasteiger partial charge in [0.2, 0.25) is 0 Å². The monoisotopic (exact) mass is 195 g/mol. The first-order valence-corrected chi connectivity index (χ1v) is 4.90. The van der Waals surface area contributed by atoms with Gasteiger partial charge in [-0.15, -0.1) is 0 Å². The van der Waals surface area contributed by atoms with Crippen LogP contribution < -0.4 is 5.43 Å². The Labute approximate surface area is 84.0 Å². The van der Waals surface area contributed by atoms with Gasteiger partial charge in [0.05, 0.1) is 12.6 Å². The molecule has 0 fully saturated rings. The van der Waals surface area contributed by atoms with Crippen LogP contribution in [0.4, 0.5) is 0 Å². The van der Waals surface area contributed by atoms with Crippen LogP contribution in [0, 0.1) is 13.8 Å². The van der Waals surface area contributed by atoms with Gasteiger partial charge in [0.15, 0.2) is 5.43 Å². The third-order valence-electron chi connectivity index (χ3n) is 2.51. The van der Waals surface area contributed by atoms with E-state index in [1.165, 1.54) is 0 Å². The third-order valence-corrected chi connectivity index (χ3v) is 2.51. The van der Waals surface area contributed by atoms with E-state index in [4.69, 9.17) is 0 Å². The molecule has 1 rings (SSSR count). The number of aliphatic hydroxyl groups is 1. The number of aliphatic hydroxyl groups excluding tert-OH is 1. The summed E-state index contributed by atoms with van der Waals surface area (Å²) in [5.41, 5.74) is 1.86. The molecule has 0 unspecified atom stereocenters. The van der Waals surface area contributed by atoms with Crippen LogP contribution in [0.1, 0.15) is 30.8 Å². The second-order valence-corrected chi connectivity index (χ2v) is 3.59. The van der Waals surface area contributed by atoms with E-state index in [2.05, 4.69) is 0 Å². The second-order valence-electron chi connectivity index (χ2n) is 3.59. The number of pyridine rings is 1. The summed E-state index contributed by atoms with van der Waals surface area (Å²) in [4.78, 5) is 11.2. The minimum atomic E-state index is 0.0315. The van der Waals surface area contributed by atoms with Gasteiger partial charge in [0.1, 0.15) is 0 Å². The highest BCUT2D eigenvalue weighted by Gasteiger charge is 2.10. The van der Waals surface area contributed by atoms with E-state index in [0.717, 1.165) is 17.8 Å². The van der Waals surface area contributed by atoms with Gasteiger partial charge in [-0.3, -0.25) is 4.79 Å². The fraction of sp³-hybridized carbons (Fsp3) is 0.545. The van der Waals surface area contributed by atoms with E-state index >= 15 is 0 Å². The molecule has 0 aromatic carbocycles. The van der Waals surface area contributed by atoms with E-state index in [9.17, 15) is 9.90 Å². The van der Waals surface area contributed by atoms with E-state index in [-0.39, 0.29) is 18.1 Å². The Balaban J connectivity index is 3.26. The number of nitrogens with zero attached hydrogens (tertiary/aromatic N) is 1. The topological polar surface area (TPSA) is 42.2 Å². The summed E-state index contributed by atoms with van der Waals surface area (Å²) in [5.74, 6) is 0. The van der Waals surface area contributed by atoms with Crippen molar-refractivity contribution < 1.29 is 5.11 Å². The van der Waals surface area contributed by atoms with Crippen LogP contribution in [0.5, 0.6) is 0 Å². The molecule has 0 saturated carbocycles. The molecule has 3 heteroatoms. The molecule has 0 aliphatic rings. The molecular formula is C11H17NO2. The Morgan fingerprint density at radius 2 is 1.86 bits per heavy atom. The maximum Gasteiger partial charge on any atom is 0.182 e. The molecular weight excluding hydrogens is 178 g/mol. The minimum Gasteiger partial charge on any atom is -0.394 e. The maximum atomic E-state index is 11.2. The van der Waals surface area contributed by atoms with Crippen molar-refractivity contribution in [2.24, 2.45) is 0 Å². The van der Waals surface area contributed by atoms with Crippen LogP contribution in [0.2, 0.25) is 0 Å². The molecule has 14 heavy (non-hydrogen) atoms. The highest BCUT2D eigenvalue weighted by atomic mass is 16.3. The van der Waals surface area contributed by atoms with Gasteiger partial charge in [-0.25, -0.2) is 0 Å². The van der Waals surface area contributed by atoms with Gasteiger partial charge in [-0.05, 0) is 20.3 Å². The largest absolute Gasteiger partial charge is 0.394 e. The third kappa shape index (κ3) is 2.04. The Kier molecular flexibility index (Phi) is 3.47. The van der Waals surface area contributed by atoms with E-state index in [1.807, 2.05) is 25.3 Å². The molecule has 1 heterocycles. The minimum absolute atomic E-state index is 0.0315. The highest BCUT2D eigenvalue weighted by Crippen LogP contribution is 2.14. The van der Waals surface area contributed by atoms with Crippen molar-refractivity contribution in [3.8, 4) is 0 Å². The van der Waals surface area contributed by atoms with Crippen LogP contribution >= 0.6 is 0 Å². The van der Waals surface area contributed by atoms with Crippen LogP contribution in [0.3, 0.4) is 0 Å². The molecule has 0 aliphatic carbocycles. The van der Waals surface area contributed by atoms with Gasteiger partial charge < -0.3 is 9.67 Å². The summed E-state index contributed by atoms with van der Waals surface area (Å²) in [6.07, 6.45) is 0.862. The predicted octanol–water partition coefficient (Wildman–Crippen LogP) is 1.41. The normalized spacial score (nSPS) is 12.9. The number of rotatable bonds is 3. The van der Waals surface area contributed by atoms with Crippen LogP contribution in [0.25, 0.3) is 0 Å². The molecule has 0 aliphatic heterocycles. The zero-order valence-corrected chi connectivity index (χ0v) is 8.95. The summed E-state index contributed by atoms with van der Waals surface area (Å²) in [7, 11) is 0. The van der Waals surface area contributed by atoms with Gasteiger partial charge in [0.25, 0.3) is 0 Å². The Bertz CT molecular complexity index is 338. The van der Waals surface area contributed by atoms with Gasteiger partial charge in [0, 0.05) is 23.5 Å². The van der Waals surface area contributed by atoms with E-state index in [1.54, 1.807) is 12.1 Å². The molecule has 0 amide bonds. The van der Waals surface area contributed by atoms with Crippen molar-refractivity contribution >= 4 is 0 Å². The summed E-state index contributed by atoms with van der Waals surface area (Å²) < 4.78 is 2.02. The maximum absolute atomic E-state index is 11.2. The molecule has 1 atom stereocenters. The average Bonchev–Trinajstić information content (AvgIpc) is 2.10. The van der Waals surface area contributed by atoms with Crippen LogP contribution in [0.15, 0.2) is 16.9 Å². The van der Waals surface area contributed by atoms with Crippen molar-refractivity contribution in [2.75, 3.05) is 6.61 Å². The summed E-state index contributed by atoms with van der Waals surface area (Å²) in [6, 6.07) is 3.28. The van der Waals surface area contributed by atoms with Crippen molar-refractivity contribution in [3.05, 3.63) is 33.7 Å². The SMILES string of the molecule is CC[C@H](CO)n1c(C)cc(=O)cc1C. The molecule has 0 bridgehead atoms. The first-order chi connectivity index (χ1) is 6.60. The van der Waals surface area contributed by atoms with Crippen molar-refractivity contribution in [3.63, 3.8) is 0 Å². The Morgan fingerprint density at radius 3 is 2.21 bits per heavy atom. The second kappa shape index (κ2) is 4.42. The van der Waals surface area contributed by atoms with Crippen LogP contribution in [-0.4, -0.2) is 16.3 Å². The lowest BCUT2D eigenvalue weighted by molar-refractivity contribution is 0.220. The molecule has 1 aromatic heterocycles. The number of hydrogen-bond donors (Lipinski definition) is 1. The Morgan fingerprint density at radius 1 is 1.36 bits per heavy atom. The standard InChI is InChI=1S/C11H17NO2/c1-4-10(7-13)12-8(2)5-11(14)6-9(12)3/h5-6,10,13H,4,7H2,1-3H3/t10-/m1/s1. The number of aryl methyl sites for hydroxylation is 2. The lowest BCUT2D eigenvalue weighted by Crippen LogP contribution is -2.20. The zero-order valence-electron chi connectivity index (χ0n) is 8.95. The van der Waals surface area contributed by atoms with Crippen molar-refractivity contribution in [1.82, 2.24) is 4.57 Å². The highest BCUT2D eigenvalue weighted by molar-refractivity contribution is 5.13. The first-order valence-electron chi connectivity index (χ1n) is 4.90. The first kappa shape index (κ1) is 11.0. The van der Waals surface area contributed by atoms with E-state index in [0.29, 0.717) is 0 Å². The fourth-order valence-corrected chi connectivity index (χ4v) is 1.84.